The van der Waals surface area contributed by atoms with Crippen LogP contribution in [0.1, 0.15) is 27.0 Å². The molecule has 2 aromatic carbocycles. The molecule has 0 bridgehead atoms. The molecule has 44 heavy (non-hydrogen) atoms. The minimum absolute atomic E-state index is 0.0167. The molecule has 0 amide bonds. The summed E-state index contributed by atoms with van der Waals surface area (Å²) in [6.45, 7) is 2.29. The van der Waals surface area contributed by atoms with Crippen molar-refractivity contribution >= 4 is 30.3 Å². The normalized spacial score (nSPS) is 23.5. The molecule has 1 saturated heterocycles. The van der Waals surface area contributed by atoms with Crippen LogP contribution in [0.5, 0.6) is 5.75 Å². The van der Waals surface area contributed by atoms with E-state index in [1.165, 1.54) is 32.9 Å². The fourth-order valence-corrected chi connectivity index (χ4v) is 5.87. The summed E-state index contributed by atoms with van der Waals surface area (Å²) in [6.07, 6.45) is -10.3. The summed E-state index contributed by atoms with van der Waals surface area (Å²) in [7, 11) is -5.06. The molecule has 1 fully saturated rings. The summed E-state index contributed by atoms with van der Waals surface area (Å²) < 4.78 is 109. The second-order valence-corrected chi connectivity index (χ2v) is 11.8. The third-order valence-electron chi connectivity index (χ3n) is 6.57. The standard InChI is InChI=1S/C26H28F5N4O8P/c1-13(2)41-22(37)14(3)34-44(39,43-18-10-6-8-15-7-4-5-9-16(15)18)40-12-25(23(28)29)26(30,31)19(36)21(42-25)35-11-17(27)20(32)33-24(35)38/h4-11,13-14,19,21,23,36H,12H2,1-3H3,(H,34,39)(H2,32,33,38)/t14-,19+,21+,25-,44-/m0/s1. The molecular formula is C26H28F5N4O8P. The first-order chi connectivity index (χ1) is 20.5. The van der Waals surface area contributed by atoms with Gasteiger partial charge in [-0.2, -0.15) is 18.9 Å². The maximum Gasteiger partial charge on any atom is 0.459 e. The summed E-state index contributed by atoms with van der Waals surface area (Å²) >= 11 is 0. The minimum atomic E-state index is -5.06. The lowest BCUT2D eigenvalue weighted by Gasteiger charge is -2.34. The van der Waals surface area contributed by atoms with Gasteiger partial charge in [-0.1, -0.05) is 36.4 Å². The highest BCUT2D eigenvalue weighted by Crippen LogP contribution is 2.54. The molecule has 1 aromatic heterocycles. The van der Waals surface area contributed by atoms with Crippen molar-refractivity contribution in [1.29, 1.82) is 0 Å². The van der Waals surface area contributed by atoms with Gasteiger partial charge < -0.3 is 24.8 Å². The first-order valence-corrected chi connectivity index (χ1v) is 14.5. The van der Waals surface area contributed by atoms with Gasteiger partial charge in [-0.05, 0) is 32.2 Å². The van der Waals surface area contributed by atoms with Gasteiger partial charge in [-0.15, -0.1) is 0 Å². The first kappa shape index (κ1) is 33.3. The van der Waals surface area contributed by atoms with E-state index in [1.807, 2.05) is 0 Å². The number of halogens is 5. The third kappa shape index (κ3) is 6.28. The van der Waals surface area contributed by atoms with E-state index in [2.05, 4.69) is 10.1 Å². The van der Waals surface area contributed by atoms with Crippen molar-refractivity contribution in [3.8, 4) is 5.75 Å². The number of hydrogen-bond acceptors (Lipinski definition) is 10. The fraction of sp³-hybridized carbons (Fsp3) is 0.423. The van der Waals surface area contributed by atoms with Crippen molar-refractivity contribution in [2.75, 3.05) is 12.3 Å². The second-order valence-electron chi connectivity index (χ2n) is 10.1. The Morgan fingerprint density at radius 2 is 1.86 bits per heavy atom. The number of ether oxygens (including phenoxy) is 2. The molecule has 0 aliphatic carbocycles. The molecule has 2 heterocycles. The molecule has 5 atom stereocenters. The zero-order valence-corrected chi connectivity index (χ0v) is 24.2. The van der Waals surface area contributed by atoms with Gasteiger partial charge in [-0.3, -0.25) is 13.9 Å². The van der Waals surface area contributed by atoms with Gasteiger partial charge in [0.25, 0.3) is 6.43 Å². The van der Waals surface area contributed by atoms with E-state index in [0.717, 1.165) is 0 Å². The van der Waals surface area contributed by atoms with Crippen molar-refractivity contribution in [2.24, 2.45) is 0 Å². The number of nitrogen functional groups attached to an aromatic ring is 1. The first-order valence-electron chi connectivity index (χ1n) is 13.0. The highest BCUT2D eigenvalue weighted by atomic mass is 31.2. The van der Waals surface area contributed by atoms with Crippen LogP contribution in [-0.4, -0.2) is 63.4 Å². The lowest BCUT2D eigenvalue weighted by atomic mass is 9.95. The fourth-order valence-electron chi connectivity index (χ4n) is 4.33. The zero-order chi connectivity index (χ0) is 32.6. The number of aliphatic hydroxyl groups is 1. The number of fused-ring (bicyclic) bond motifs is 1. The Kier molecular flexibility index (Phi) is 9.38. The van der Waals surface area contributed by atoms with E-state index < -0.39 is 80.1 Å². The van der Waals surface area contributed by atoms with Crippen molar-refractivity contribution < 1.29 is 54.9 Å². The molecule has 4 rings (SSSR count). The van der Waals surface area contributed by atoms with Gasteiger partial charge in [0.1, 0.15) is 11.8 Å². The molecule has 4 N–H and O–H groups in total. The molecule has 1 aliphatic heterocycles. The number of nitrogens with two attached hydrogens (primary N) is 1. The van der Waals surface area contributed by atoms with Gasteiger partial charge >= 0.3 is 25.3 Å². The highest BCUT2D eigenvalue weighted by Gasteiger charge is 2.74. The zero-order valence-electron chi connectivity index (χ0n) is 23.3. The number of benzene rings is 2. The summed E-state index contributed by atoms with van der Waals surface area (Å²) in [5.74, 6) is -8.33. The van der Waals surface area contributed by atoms with Crippen LogP contribution in [0.25, 0.3) is 10.8 Å². The van der Waals surface area contributed by atoms with E-state index in [9.17, 15) is 32.4 Å². The number of nitrogens with zero attached hydrogens (tertiary/aromatic N) is 2. The number of alkyl halides is 4. The van der Waals surface area contributed by atoms with Crippen LogP contribution in [-0.2, 0) is 23.4 Å². The number of hydrogen-bond donors (Lipinski definition) is 3. The second kappa shape index (κ2) is 12.4. The maximum absolute atomic E-state index is 15.5. The van der Waals surface area contributed by atoms with Crippen LogP contribution in [0, 0.1) is 5.82 Å². The molecule has 0 saturated carbocycles. The Morgan fingerprint density at radius 3 is 2.52 bits per heavy atom. The van der Waals surface area contributed by atoms with Crippen LogP contribution in [0.15, 0.2) is 53.5 Å². The Balaban J connectivity index is 1.72. The van der Waals surface area contributed by atoms with Crippen molar-refractivity contribution in [2.45, 2.75) is 63.2 Å². The van der Waals surface area contributed by atoms with Crippen LogP contribution in [0.2, 0.25) is 0 Å². The molecular weight excluding hydrogens is 622 g/mol. The average molecular weight is 650 g/mol. The van der Waals surface area contributed by atoms with E-state index >= 15 is 8.78 Å². The number of esters is 1. The number of carbonyl (C=O) groups excluding carboxylic acids is 1. The summed E-state index contributed by atoms with van der Waals surface area (Å²) in [5, 5.41) is 13.5. The van der Waals surface area contributed by atoms with Crippen LogP contribution in [0.3, 0.4) is 0 Å². The summed E-state index contributed by atoms with van der Waals surface area (Å²) in [6, 6.07) is 9.52. The quantitative estimate of drug-likeness (QED) is 0.157. The van der Waals surface area contributed by atoms with Crippen molar-refractivity contribution in [3.63, 3.8) is 0 Å². The van der Waals surface area contributed by atoms with Gasteiger partial charge in [0, 0.05) is 5.39 Å². The van der Waals surface area contributed by atoms with Gasteiger partial charge in [0.05, 0.1) is 18.9 Å². The molecule has 3 aromatic rings. The van der Waals surface area contributed by atoms with Crippen LogP contribution >= 0.6 is 7.75 Å². The molecule has 0 spiro atoms. The lowest BCUT2D eigenvalue weighted by Crippen LogP contribution is -2.57. The minimum Gasteiger partial charge on any atom is -0.462 e. The number of carbonyl (C=O) groups is 1. The van der Waals surface area contributed by atoms with E-state index in [4.69, 9.17) is 24.3 Å². The number of anilines is 1. The van der Waals surface area contributed by atoms with Crippen molar-refractivity contribution in [3.05, 3.63) is 65.0 Å². The molecule has 12 nitrogen and oxygen atoms in total. The monoisotopic (exact) mass is 650 g/mol. The summed E-state index contributed by atoms with van der Waals surface area (Å²) in [5.41, 5.74) is -0.392. The average Bonchev–Trinajstić information content (AvgIpc) is 3.15. The predicted molar refractivity (Wildman–Crippen MR) is 145 cm³/mol. The number of aromatic nitrogens is 2. The van der Waals surface area contributed by atoms with Gasteiger partial charge in [-0.25, -0.2) is 22.5 Å². The smallest absolute Gasteiger partial charge is 0.459 e. The Hall–Kier alpha value is -3.63. The van der Waals surface area contributed by atoms with Crippen LogP contribution in [0.4, 0.5) is 27.8 Å². The highest BCUT2D eigenvalue weighted by molar-refractivity contribution is 7.52. The third-order valence-corrected chi connectivity index (χ3v) is 8.18. The molecule has 18 heteroatoms. The van der Waals surface area contributed by atoms with E-state index in [1.54, 1.807) is 30.3 Å². The van der Waals surface area contributed by atoms with Crippen LogP contribution < -0.4 is 21.0 Å². The molecule has 240 valence electrons. The molecule has 1 aliphatic rings. The molecule has 0 radical (unpaired) electrons. The topological polar surface area (TPSA) is 164 Å². The Labute approximate surface area is 246 Å². The van der Waals surface area contributed by atoms with Gasteiger partial charge in [0.15, 0.2) is 24.0 Å². The molecule has 0 unspecified atom stereocenters. The number of aliphatic hydroxyl groups excluding tert-OH is 1. The number of nitrogens with one attached hydrogen (secondary N) is 1. The van der Waals surface area contributed by atoms with E-state index in [-0.39, 0.29) is 16.5 Å². The maximum atomic E-state index is 15.5. The lowest BCUT2D eigenvalue weighted by molar-refractivity contribution is -0.242. The van der Waals surface area contributed by atoms with Gasteiger partial charge in [0.2, 0.25) is 5.60 Å². The summed E-state index contributed by atoms with van der Waals surface area (Å²) in [4.78, 5) is 27.8. The Bertz CT molecular complexity index is 1640. The number of rotatable bonds is 11. The predicted octanol–water partition coefficient (Wildman–Crippen LogP) is 3.78. The Morgan fingerprint density at radius 1 is 1.20 bits per heavy atom. The van der Waals surface area contributed by atoms with E-state index in [0.29, 0.717) is 10.8 Å². The largest absolute Gasteiger partial charge is 0.462 e. The van der Waals surface area contributed by atoms with Crippen molar-refractivity contribution in [1.82, 2.24) is 14.6 Å². The SMILES string of the molecule is CC(C)OC(=O)[C@H](C)N[P@](=O)(OC[C@@]1(C(F)F)O[C@@H](n2cc(F)c(N)nc2=O)[C@@H](O)C1(F)F)Oc1cccc2ccccc12.